The van der Waals surface area contributed by atoms with Gasteiger partial charge in [-0.1, -0.05) is 182 Å². The molecule has 0 spiro atoms. The van der Waals surface area contributed by atoms with Gasteiger partial charge in [0.25, 0.3) is 0 Å². The highest BCUT2D eigenvalue weighted by Gasteiger charge is 2.16. The Morgan fingerprint density at radius 1 is 0.306 bits per heavy atom. The highest BCUT2D eigenvalue weighted by atomic mass is 15.1. The van der Waals surface area contributed by atoms with Crippen molar-refractivity contribution in [2.75, 3.05) is 4.90 Å². The van der Waals surface area contributed by atoms with Gasteiger partial charge in [-0.3, -0.25) is 0 Å². The molecule has 10 aromatic carbocycles. The lowest BCUT2D eigenvalue weighted by atomic mass is 9.98. The van der Waals surface area contributed by atoms with Crippen LogP contribution in [0.1, 0.15) is 35.6 Å². The predicted octanol–water partition coefficient (Wildman–Crippen LogP) is 16.6. The molecule has 0 amide bonds. The third kappa shape index (κ3) is 7.04. The van der Waals surface area contributed by atoms with Crippen LogP contribution in [0.5, 0.6) is 0 Å². The smallest absolute Gasteiger partial charge is 0.0645 e. The summed E-state index contributed by atoms with van der Waals surface area (Å²) in [5.41, 5.74) is -3.89. The van der Waals surface area contributed by atoms with E-state index in [1.807, 2.05) is 83.4 Å². The monoisotopic (exact) mass is 816 g/mol. The molecule has 0 saturated carbocycles. The Balaban J connectivity index is 1.17. The van der Waals surface area contributed by atoms with Gasteiger partial charge in [-0.25, -0.2) is 0 Å². The Hall–Kier alpha value is -8.20. The van der Waals surface area contributed by atoms with Crippen LogP contribution in [-0.2, 0) is 0 Å². The minimum absolute atomic E-state index is 0.165. The van der Waals surface area contributed by atoms with Crippen LogP contribution in [0.4, 0.5) is 17.1 Å². The Labute approximate surface area is 399 Å². The molecule has 11 aromatic rings. The average Bonchev–Trinajstić information content (AvgIpc) is 0.816. The van der Waals surface area contributed by atoms with Crippen LogP contribution in [-0.4, -0.2) is 4.57 Å². The van der Waals surface area contributed by atoms with E-state index < -0.39 is 208 Å². The van der Waals surface area contributed by atoms with Crippen LogP contribution in [0.2, 0.25) is 0 Å². The fourth-order valence-electron chi connectivity index (χ4n) is 7.17. The van der Waals surface area contributed by atoms with E-state index in [1.165, 1.54) is 0 Å². The maximum atomic E-state index is 9.76. The van der Waals surface area contributed by atoms with Gasteiger partial charge >= 0.3 is 0 Å². The van der Waals surface area contributed by atoms with Crippen LogP contribution in [0.3, 0.4) is 0 Å². The number of anilines is 3. The van der Waals surface area contributed by atoms with Gasteiger partial charge in [0.1, 0.15) is 0 Å². The molecule has 0 atom stereocenters. The summed E-state index contributed by atoms with van der Waals surface area (Å²) < 4.78 is 237. The normalized spacial score (nSPS) is 17.1. The van der Waals surface area contributed by atoms with Crippen LogP contribution in [0, 0.1) is 0 Å². The molecule has 0 saturated heterocycles. The molecule has 2 heteroatoms. The van der Waals surface area contributed by atoms with Gasteiger partial charge in [-0.05, 0) is 128 Å². The molecule has 2 nitrogen and oxygen atoms in total. The van der Waals surface area contributed by atoms with Crippen LogP contribution < -0.4 is 4.90 Å². The van der Waals surface area contributed by atoms with E-state index in [9.17, 15) is 17.8 Å². The first-order valence-corrected chi connectivity index (χ1v) is 19.1. The van der Waals surface area contributed by atoms with Crippen LogP contribution >= 0.6 is 0 Å². The topological polar surface area (TPSA) is 8.17 Å². The number of hydrogen-bond acceptors (Lipinski definition) is 1. The zero-order valence-corrected chi connectivity index (χ0v) is 32.1. The molecule has 62 heavy (non-hydrogen) atoms. The van der Waals surface area contributed by atoms with E-state index in [2.05, 4.69) is 0 Å². The van der Waals surface area contributed by atoms with Crippen molar-refractivity contribution in [2.45, 2.75) is 0 Å². The highest BCUT2D eigenvalue weighted by Crippen LogP contribution is 2.40. The summed E-state index contributed by atoms with van der Waals surface area (Å²) >= 11 is 0. The van der Waals surface area contributed by atoms with E-state index in [0.29, 0.717) is 15.8 Å². The molecule has 0 N–H and O–H groups in total. The number of fused-ring (bicyclic) bond motifs is 3. The Bertz CT molecular complexity index is 4720. The summed E-state index contributed by atoms with van der Waals surface area (Å²) in [7, 11) is 0. The molecule has 292 valence electrons. The minimum atomic E-state index is -1.22. The lowest BCUT2D eigenvalue weighted by Crippen LogP contribution is -2.09. The number of para-hydroxylation sites is 1. The molecule has 11 rings (SSSR count). The maximum absolute atomic E-state index is 9.76. The van der Waals surface area contributed by atoms with Crippen molar-refractivity contribution >= 4 is 38.9 Å². The Morgan fingerprint density at radius 2 is 0.742 bits per heavy atom. The summed E-state index contributed by atoms with van der Waals surface area (Å²) in [5.74, 6) is 0. The molecule has 0 aliphatic rings. The molecular formula is C60H42N2. The molecule has 0 fully saturated rings. The summed E-state index contributed by atoms with van der Waals surface area (Å²) in [6.07, 6.45) is 0. The molecule has 0 aliphatic heterocycles. The summed E-state index contributed by atoms with van der Waals surface area (Å²) in [6, 6.07) is 4.32. The molecule has 0 bridgehead atoms. The Morgan fingerprint density at radius 3 is 1.34 bits per heavy atom. The zero-order chi connectivity index (χ0) is 63.9. The summed E-state index contributed by atoms with van der Waals surface area (Å²) in [4.78, 5) is 0.450. The Kier molecular flexibility index (Phi) is 4.83. The second-order valence-electron chi connectivity index (χ2n) is 13.8. The number of aromatic nitrogens is 1. The molecule has 0 radical (unpaired) electrons. The quantitative estimate of drug-likeness (QED) is 0.141. The van der Waals surface area contributed by atoms with E-state index >= 15 is 0 Å². The van der Waals surface area contributed by atoms with Crippen molar-refractivity contribution in [1.29, 1.82) is 0 Å². The number of hydrogen-bond donors (Lipinski definition) is 0. The minimum Gasteiger partial charge on any atom is -0.311 e. The number of rotatable bonds is 9. The van der Waals surface area contributed by atoms with Crippen LogP contribution in [0.25, 0.3) is 83.1 Å². The van der Waals surface area contributed by atoms with E-state index in [1.54, 1.807) is 18.2 Å². The van der Waals surface area contributed by atoms with E-state index in [4.69, 9.17) is 17.8 Å². The van der Waals surface area contributed by atoms with Crippen molar-refractivity contribution in [3.63, 3.8) is 0 Å². The van der Waals surface area contributed by atoms with Gasteiger partial charge in [0.2, 0.25) is 0 Å². The lowest BCUT2D eigenvalue weighted by Gasteiger charge is -2.26. The maximum Gasteiger partial charge on any atom is 0.0645 e. The molecule has 0 aliphatic carbocycles. The fourth-order valence-corrected chi connectivity index (χ4v) is 7.17. The first-order valence-electron chi connectivity index (χ1n) is 32.1. The molecular weight excluding hydrogens is 749 g/mol. The average molecular weight is 817 g/mol. The molecule has 1 heterocycles. The van der Waals surface area contributed by atoms with Gasteiger partial charge < -0.3 is 9.47 Å². The SMILES string of the molecule is [2H]c1c([2H])c([2H])c(-c2c([2H])c([2H])c(N(c3c([2H])c([2H])c(-c4ccc5c(c4)c4ccccc4n5-c4ccc(-c5ccccc5)cc4)c([2H])c3[2H])c3c([2H])c([2H])c(-c4c([2H])c([2H])c([2H])c(-c5c([2H])c([2H])c([2H])c([2H])c5[2H])c4[2H])c([2H])c3[2H])c([2H])c2[2H])c([2H])c1[2H]. The fraction of sp³-hybridized carbons (Fsp3) is 0. The second-order valence-corrected chi connectivity index (χ2v) is 13.8. The van der Waals surface area contributed by atoms with E-state index in [0.717, 1.165) is 27.7 Å². The van der Waals surface area contributed by atoms with Crippen LogP contribution in [0.15, 0.2) is 254 Å². The number of benzene rings is 10. The van der Waals surface area contributed by atoms with Crippen molar-refractivity contribution < 1.29 is 35.6 Å². The third-order valence-corrected chi connectivity index (χ3v) is 10.1. The summed E-state index contributed by atoms with van der Waals surface area (Å²) in [6.45, 7) is 0. The lowest BCUT2D eigenvalue weighted by molar-refractivity contribution is 1.18. The van der Waals surface area contributed by atoms with Gasteiger partial charge in [0.15, 0.2) is 0 Å². The molecule has 1 aromatic heterocycles. The second kappa shape index (κ2) is 16.1. The largest absolute Gasteiger partial charge is 0.311 e. The first-order chi connectivity index (χ1) is 41.6. The van der Waals surface area contributed by atoms with Crippen molar-refractivity contribution in [3.8, 4) is 61.3 Å². The van der Waals surface area contributed by atoms with Crippen molar-refractivity contribution in [2.24, 2.45) is 0 Å². The number of nitrogens with zero attached hydrogens (tertiary/aromatic N) is 2. The standard InChI is InChI=1S/C60H42N2/c1-4-13-43(14-5-1)46-23-32-53(33-24-46)61(54-34-27-48(28-35-54)51-20-12-19-50(41-51)45-17-8-3-9-18-45)55-36-29-49(30-37-55)52-31-40-60-58(42-52)57-21-10-11-22-59(57)62(60)56-38-25-47(26-39-56)44-15-6-2-7-16-44/h1-42H/i1D,3D,4D,5D,8D,9D,12D,13D,14D,17D,18D,19D,20D,23D,24D,27D,28D,29D,30D,32D,33D,34D,35D,36D,37D,41D. The van der Waals surface area contributed by atoms with Gasteiger partial charge in [-0.2, -0.15) is 0 Å². The first kappa shape index (κ1) is 18.6. The zero-order valence-electron chi connectivity index (χ0n) is 58.1. The van der Waals surface area contributed by atoms with Crippen molar-refractivity contribution in [1.82, 2.24) is 4.57 Å². The van der Waals surface area contributed by atoms with Gasteiger partial charge in [-0.15, -0.1) is 0 Å². The van der Waals surface area contributed by atoms with Gasteiger partial charge in [0, 0.05) is 33.5 Å². The molecule has 0 unspecified atom stereocenters. The summed E-state index contributed by atoms with van der Waals surface area (Å²) in [5, 5.41) is 1.39. The third-order valence-electron chi connectivity index (χ3n) is 10.1. The predicted molar refractivity (Wildman–Crippen MR) is 263 cm³/mol. The van der Waals surface area contributed by atoms with Gasteiger partial charge in [0.05, 0.1) is 46.7 Å². The van der Waals surface area contributed by atoms with Crippen molar-refractivity contribution in [3.05, 3.63) is 254 Å². The highest BCUT2D eigenvalue weighted by molar-refractivity contribution is 6.10. The van der Waals surface area contributed by atoms with E-state index in [-0.39, 0.29) is 11.1 Å².